The molecule has 1 N–H and O–H groups in total. The van der Waals surface area contributed by atoms with Crippen LogP contribution in [0.1, 0.15) is 51.1 Å². The van der Waals surface area contributed by atoms with Crippen molar-refractivity contribution >= 4 is 129 Å². The molecule has 4 saturated heterocycles. The van der Waals surface area contributed by atoms with E-state index >= 15 is 0 Å². The van der Waals surface area contributed by atoms with Gasteiger partial charge in [-0.15, -0.1) is 0 Å². The molecule has 19 nitrogen and oxygen atoms in total. The first-order valence-electron chi connectivity index (χ1n) is 32.8. The van der Waals surface area contributed by atoms with E-state index in [1.54, 1.807) is 20.9 Å². The second-order valence-corrected chi connectivity index (χ2v) is 27.9. The summed E-state index contributed by atoms with van der Waals surface area (Å²) < 4.78 is 9.50. The van der Waals surface area contributed by atoms with E-state index in [1.165, 1.54) is 23.8 Å². The quantitative estimate of drug-likeness (QED) is 0.0637. The Balaban J connectivity index is 0.000000150. The molecule has 506 valence electrons. The number of anilines is 1. The lowest BCUT2D eigenvalue weighted by atomic mass is 9.94. The van der Waals surface area contributed by atoms with Gasteiger partial charge >= 0.3 is 0 Å². The Labute approximate surface area is 591 Å². The van der Waals surface area contributed by atoms with Crippen molar-refractivity contribution in [2.75, 3.05) is 76.9 Å². The number of likely N-dealkylation sites (tertiary alicyclic amines) is 3. The standard InChI is InChI=1S/C28H30BrN5O3.C24H25BrN4O3.C24H23ClN2O2/c1-3-27(36)34-15-20(16-34)13-22(35)17-33-18-24(23-14-21(29)4-5-25(23)33)28(37)32-10-8-31(9-11-32)26-12-19(2)6-7-30-26;1-2-23(31)29-13-17(14-29)11-19(30)15-28-16-21(20-12-18(25)5-6-22(20)28)24(32)26-7-10-27-8-3-4-9-27;1-3-24(29)27-12-17(13-27)10-19(28)14-26-15-22(20-7-5-4-6-16(20)2)21-11-18(25)8-9-23(21)26/h3-7,12,14,18,20H,1,8-11,13,15-17H2,2H3;2-6,8-9,12,16-17H,1,7,10-11,13-15H2,(H,26,32);3-9,11,15,17H,1,10,12-14H2,2H3. The Bertz CT molecular complexity index is 4550. The van der Waals surface area contributed by atoms with Crippen LogP contribution in [0.25, 0.3) is 43.8 Å². The summed E-state index contributed by atoms with van der Waals surface area (Å²) in [5.74, 6) is 1.43. The van der Waals surface area contributed by atoms with Crippen LogP contribution in [0, 0.1) is 31.6 Å². The topological polar surface area (TPSA) is 197 Å². The van der Waals surface area contributed by atoms with Gasteiger partial charge in [0.05, 0.1) is 30.8 Å². The van der Waals surface area contributed by atoms with E-state index in [-0.39, 0.29) is 77.7 Å². The van der Waals surface area contributed by atoms with Crippen LogP contribution in [0.3, 0.4) is 0 Å². The number of hydrogen-bond acceptors (Lipinski definition) is 10. The molecule has 0 spiro atoms. The van der Waals surface area contributed by atoms with Gasteiger partial charge in [0.1, 0.15) is 5.82 Å². The molecule has 5 aromatic heterocycles. The zero-order chi connectivity index (χ0) is 69.3. The predicted octanol–water partition coefficient (Wildman–Crippen LogP) is 11.8. The fourth-order valence-corrected chi connectivity index (χ4v) is 14.2. The van der Waals surface area contributed by atoms with Gasteiger partial charge < -0.3 is 48.1 Å². The zero-order valence-corrected chi connectivity index (χ0v) is 58.9. The van der Waals surface area contributed by atoms with E-state index in [0.29, 0.717) is 107 Å². The predicted molar refractivity (Wildman–Crippen MR) is 390 cm³/mol. The van der Waals surface area contributed by atoms with Gasteiger partial charge in [0.15, 0.2) is 17.3 Å². The molecule has 4 aliphatic rings. The summed E-state index contributed by atoms with van der Waals surface area (Å²) in [4.78, 5) is 113. The summed E-state index contributed by atoms with van der Waals surface area (Å²) >= 11 is 13.3. The fraction of sp³-hybridized carbons (Fsp3) is 0.303. The third-order valence-electron chi connectivity index (χ3n) is 18.5. The van der Waals surface area contributed by atoms with Crippen LogP contribution >= 0.6 is 43.5 Å². The van der Waals surface area contributed by atoms with Gasteiger partial charge in [0, 0.05) is 205 Å². The highest BCUT2D eigenvalue weighted by molar-refractivity contribution is 9.10. The molecule has 0 bridgehead atoms. The van der Waals surface area contributed by atoms with E-state index in [0.717, 1.165) is 77.3 Å². The largest absolute Gasteiger partial charge is 0.353 e. The number of Topliss-reactive ketones (excluding diaryl/α,β-unsaturated/α-hetero) is 3. The maximum Gasteiger partial charge on any atom is 0.256 e. The van der Waals surface area contributed by atoms with Crippen molar-refractivity contribution in [3.8, 4) is 11.1 Å². The first-order chi connectivity index (χ1) is 47.2. The summed E-state index contributed by atoms with van der Waals surface area (Å²) in [7, 11) is 0. The van der Waals surface area contributed by atoms with E-state index in [4.69, 9.17) is 11.6 Å². The summed E-state index contributed by atoms with van der Waals surface area (Å²) in [6, 6.07) is 33.5. The SMILES string of the molecule is C=CC(=O)N1CC(CC(=O)Cn2cc(-c3ccccc3C)c3cc(Cl)ccc32)C1.C=CC(=O)N1CC(CC(=O)Cn2cc(C(=O)N3CCN(c4cc(C)ccn4)CC3)c3cc(Br)ccc32)C1.C=CC(=O)N1CC(CC(=O)Cn2cc(C(=O)NCCn3cccc3)c3cc(Br)ccc32)C1. The minimum atomic E-state index is -0.163. The maximum atomic E-state index is 13.6. The first-order valence-corrected chi connectivity index (χ1v) is 34.7. The smallest absolute Gasteiger partial charge is 0.256 e. The van der Waals surface area contributed by atoms with Gasteiger partial charge in [-0.2, -0.15) is 0 Å². The number of fused-ring (bicyclic) bond motifs is 3. The van der Waals surface area contributed by atoms with Crippen LogP contribution in [0.15, 0.2) is 187 Å². The van der Waals surface area contributed by atoms with Crippen LogP contribution < -0.4 is 10.2 Å². The number of carbonyl (C=O) groups is 8. The van der Waals surface area contributed by atoms with Crippen LogP contribution in [-0.2, 0) is 54.9 Å². The van der Waals surface area contributed by atoms with Crippen molar-refractivity contribution in [1.29, 1.82) is 0 Å². The van der Waals surface area contributed by atoms with E-state index < -0.39 is 0 Å². The van der Waals surface area contributed by atoms with Crippen LogP contribution in [0.5, 0.6) is 0 Å². The van der Waals surface area contributed by atoms with Gasteiger partial charge in [0.2, 0.25) is 17.7 Å². The highest BCUT2D eigenvalue weighted by atomic mass is 79.9. The first kappa shape index (κ1) is 69.9. The third-order valence-corrected chi connectivity index (χ3v) is 19.7. The average molecular weight is 1470 g/mol. The molecule has 0 aliphatic carbocycles. The summed E-state index contributed by atoms with van der Waals surface area (Å²) in [6.07, 6.45) is 16.6. The Hall–Kier alpha value is -9.44. The van der Waals surface area contributed by atoms with Gasteiger partial charge in [-0.3, -0.25) is 38.4 Å². The molecule has 9 aromatic rings. The lowest BCUT2D eigenvalue weighted by Gasteiger charge is -2.38. The molecule has 4 fully saturated rings. The normalized spacial score (nSPS) is 14.7. The number of amides is 5. The molecular weight excluding hydrogens is 1390 g/mol. The van der Waals surface area contributed by atoms with Crippen LogP contribution in [0.4, 0.5) is 5.82 Å². The number of carbonyl (C=O) groups excluding carboxylic acids is 8. The Morgan fingerprint density at radius 3 is 1.53 bits per heavy atom. The molecule has 22 heteroatoms. The molecule has 0 atom stereocenters. The molecule has 4 aliphatic heterocycles. The van der Waals surface area contributed by atoms with Crippen molar-refractivity contribution in [3.05, 3.63) is 214 Å². The second-order valence-electron chi connectivity index (χ2n) is 25.6. The Kier molecular flexibility index (Phi) is 22.4. The summed E-state index contributed by atoms with van der Waals surface area (Å²) in [5, 5.41) is 6.33. The highest BCUT2D eigenvalue weighted by Gasteiger charge is 2.34. The number of pyridine rings is 1. The molecule has 0 saturated carbocycles. The lowest BCUT2D eigenvalue weighted by Crippen LogP contribution is -2.50. The van der Waals surface area contributed by atoms with Crippen molar-refractivity contribution in [3.63, 3.8) is 0 Å². The molecule has 0 radical (unpaired) electrons. The third kappa shape index (κ3) is 16.6. The van der Waals surface area contributed by atoms with E-state index in [9.17, 15) is 38.4 Å². The van der Waals surface area contributed by atoms with Crippen molar-refractivity contribution in [2.45, 2.75) is 59.3 Å². The van der Waals surface area contributed by atoms with Gasteiger partial charge in [0.25, 0.3) is 11.8 Å². The molecular formula is C76H78Br2ClN11O8. The number of nitrogens with one attached hydrogen (secondary N) is 1. The maximum absolute atomic E-state index is 13.6. The minimum Gasteiger partial charge on any atom is -0.353 e. The van der Waals surface area contributed by atoms with Crippen molar-refractivity contribution < 1.29 is 38.4 Å². The molecule has 9 heterocycles. The number of benzene rings is 4. The Morgan fingerprint density at radius 2 is 1.02 bits per heavy atom. The second kappa shape index (κ2) is 31.4. The summed E-state index contributed by atoms with van der Waals surface area (Å²) in [6.45, 7) is 22.8. The van der Waals surface area contributed by atoms with Gasteiger partial charge in [-0.25, -0.2) is 4.98 Å². The number of rotatable bonds is 22. The molecule has 5 amide bonds. The highest BCUT2D eigenvalue weighted by Crippen LogP contribution is 2.36. The lowest BCUT2D eigenvalue weighted by molar-refractivity contribution is -0.134. The van der Waals surface area contributed by atoms with Crippen LogP contribution in [0.2, 0.25) is 5.02 Å². The Morgan fingerprint density at radius 1 is 0.541 bits per heavy atom. The fourth-order valence-electron chi connectivity index (χ4n) is 13.3. The van der Waals surface area contributed by atoms with Crippen molar-refractivity contribution in [1.82, 2.24) is 48.2 Å². The minimum absolute atomic E-state index is 0.0243. The van der Waals surface area contributed by atoms with Gasteiger partial charge in [-0.1, -0.05) is 87.5 Å². The number of hydrogen-bond donors (Lipinski definition) is 1. The van der Waals surface area contributed by atoms with Crippen LogP contribution in [-0.4, -0.2) is 162 Å². The molecule has 98 heavy (non-hydrogen) atoms. The number of ketones is 3. The van der Waals surface area contributed by atoms with Crippen molar-refractivity contribution in [2.24, 2.45) is 17.8 Å². The average Bonchev–Trinajstić information content (AvgIpc) is 1.63. The number of piperazine rings is 1. The number of nitrogens with zero attached hydrogens (tertiary/aromatic N) is 10. The van der Waals surface area contributed by atoms with E-state index in [1.807, 2.05) is 140 Å². The van der Waals surface area contributed by atoms with Gasteiger partial charge in [-0.05, 0) is 128 Å². The number of halogens is 3. The molecule has 4 aromatic carbocycles. The molecule has 13 rings (SSSR count). The summed E-state index contributed by atoms with van der Waals surface area (Å²) in [5.41, 5.74) is 8.43. The number of aryl methyl sites for hydroxylation is 2. The van der Waals surface area contributed by atoms with E-state index in [2.05, 4.69) is 98.1 Å². The molecule has 0 unspecified atom stereocenters. The zero-order valence-electron chi connectivity index (χ0n) is 55.0. The monoisotopic (exact) mass is 1470 g/mol. The number of aromatic nitrogens is 5.